The number of nitrogens with one attached hydrogen (secondary N) is 2. The van der Waals surface area contributed by atoms with Crippen LogP contribution >= 0.6 is 0 Å². The molecule has 0 aliphatic carbocycles. The van der Waals surface area contributed by atoms with E-state index in [1.165, 1.54) is 6.33 Å². The summed E-state index contributed by atoms with van der Waals surface area (Å²) in [5.74, 6) is 1.18. The number of nitrogens with zero attached hydrogens (tertiary/aromatic N) is 3. The zero-order chi connectivity index (χ0) is 21.6. The second-order valence-corrected chi connectivity index (χ2v) is 6.83. The topological polar surface area (TPSA) is 89.0 Å². The molecule has 1 amide bonds. The Labute approximate surface area is 180 Å². The summed E-state index contributed by atoms with van der Waals surface area (Å²) in [6.45, 7) is 1.97. The number of hydrogen-bond acceptors (Lipinski definition) is 6. The van der Waals surface area contributed by atoms with Crippen LogP contribution in [0.5, 0.6) is 5.75 Å². The average Bonchev–Trinajstić information content (AvgIpc) is 2.82. The van der Waals surface area contributed by atoms with Crippen molar-refractivity contribution in [2.45, 2.75) is 6.92 Å². The smallest absolute Gasteiger partial charge is 0.255 e. The number of carbonyl (C=O) groups excluding carboxylic acids is 1. The van der Waals surface area contributed by atoms with E-state index in [0.717, 1.165) is 28.3 Å². The summed E-state index contributed by atoms with van der Waals surface area (Å²) >= 11 is 0. The van der Waals surface area contributed by atoms with Gasteiger partial charge in [0.05, 0.1) is 12.8 Å². The lowest BCUT2D eigenvalue weighted by atomic mass is 10.1. The van der Waals surface area contributed by atoms with Gasteiger partial charge in [-0.1, -0.05) is 6.07 Å². The molecule has 0 fully saturated rings. The van der Waals surface area contributed by atoms with E-state index in [1.54, 1.807) is 49.8 Å². The Bertz CT molecular complexity index is 1190. The second-order valence-electron chi connectivity index (χ2n) is 6.83. The molecule has 7 nitrogen and oxygen atoms in total. The molecule has 4 rings (SSSR count). The number of methoxy groups -OCH3 is 1. The third-order valence-electron chi connectivity index (χ3n) is 4.77. The lowest BCUT2D eigenvalue weighted by Gasteiger charge is -2.14. The van der Waals surface area contributed by atoms with Gasteiger partial charge in [-0.05, 0) is 67.1 Å². The Morgan fingerprint density at radius 3 is 2.55 bits per heavy atom. The highest BCUT2D eigenvalue weighted by Crippen LogP contribution is 2.28. The summed E-state index contributed by atoms with van der Waals surface area (Å²) in [7, 11) is 1.60. The largest absolute Gasteiger partial charge is 0.497 e. The minimum atomic E-state index is -0.203. The third kappa shape index (κ3) is 4.67. The Balaban J connectivity index is 1.58. The summed E-state index contributed by atoms with van der Waals surface area (Å²) in [5.41, 5.74) is 4.60. The van der Waals surface area contributed by atoms with Gasteiger partial charge < -0.3 is 15.4 Å². The van der Waals surface area contributed by atoms with E-state index in [9.17, 15) is 4.79 Å². The van der Waals surface area contributed by atoms with E-state index in [1.807, 2.05) is 37.3 Å². The molecular weight excluding hydrogens is 390 g/mol. The normalized spacial score (nSPS) is 10.4. The Morgan fingerprint density at radius 1 is 0.968 bits per heavy atom. The molecule has 0 aliphatic heterocycles. The van der Waals surface area contributed by atoms with Crippen LogP contribution in [-0.2, 0) is 0 Å². The van der Waals surface area contributed by atoms with Crippen LogP contribution in [-0.4, -0.2) is 28.0 Å². The van der Waals surface area contributed by atoms with Gasteiger partial charge in [0.15, 0.2) is 0 Å². The average molecular weight is 411 g/mol. The van der Waals surface area contributed by atoms with Gasteiger partial charge in [-0.15, -0.1) is 0 Å². The first-order chi connectivity index (χ1) is 15.1. The molecule has 0 atom stereocenters. The minimum Gasteiger partial charge on any atom is -0.497 e. The van der Waals surface area contributed by atoms with Crippen LogP contribution in [0.2, 0.25) is 0 Å². The summed E-state index contributed by atoms with van der Waals surface area (Å²) in [5, 5.41) is 6.25. The maximum Gasteiger partial charge on any atom is 0.255 e. The zero-order valence-electron chi connectivity index (χ0n) is 17.2. The third-order valence-corrected chi connectivity index (χ3v) is 4.77. The molecular formula is C24H21N5O2. The maximum absolute atomic E-state index is 12.8. The lowest BCUT2D eigenvalue weighted by Crippen LogP contribution is -2.12. The van der Waals surface area contributed by atoms with Gasteiger partial charge in [0.2, 0.25) is 0 Å². The predicted molar refractivity (Wildman–Crippen MR) is 121 cm³/mol. The van der Waals surface area contributed by atoms with Crippen LogP contribution < -0.4 is 15.4 Å². The first-order valence-electron chi connectivity index (χ1n) is 9.68. The van der Waals surface area contributed by atoms with Crippen LogP contribution in [0.15, 0.2) is 79.4 Å². The van der Waals surface area contributed by atoms with Crippen molar-refractivity contribution in [1.29, 1.82) is 0 Å². The van der Waals surface area contributed by atoms with E-state index in [0.29, 0.717) is 17.1 Å². The fourth-order valence-electron chi connectivity index (χ4n) is 3.06. The number of benzene rings is 2. The van der Waals surface area contributed by atoms with Gasteiger partial charge in [-0.3, -0.25) is 4.79 Å². The minimum absolute atomic E-state index is 0.203. The fourth-order valence-corrected chi connectivity index (χ4v) is 3.06. The van der Waals surface area contributed by atoms with Crippen molar-refractivity contribution in [3.8, 4) is 17.0 Å². The SMILES string of the molecule is COc1ccc(NC(=O)c2ccc(C)c(Nc3ncccc3-c3ccncn3)c2)cc1. The number of amides is 1. The number of carbonyl (C=O) groups is 1. The van der Waals surface area contributed by atoms with Crippen LogP contribution in [0.4, 0.5) is 17.2 Å². The van der Waals surface area contributed by atoms with Gasteiger partial charge in [-0.25, -0.2) is 15.0 Å². The molecule has 0 saturated heterocycles. The molecule has 2 heterocycles. The first kappa shape index (κ1) is 20.0. The molecule has 0 spiro atoms. The van der Waals surface area contributed by atoms with Crippen molar-refractivity contribution >= 4 is 23.1 Å². The van der Waals surface area contributed by atoms with Crippen LogP contribution in [0.1, 0.15) is 15.9 Å². The molecule has 0 saturated carbocycles. The zero-order valence-corrected chi connectivity index (χ0v) is 17.2. The Morgan fingerprint density at radius 2 is 1.81 bits per heavy atom. The number of aromatic nitrogens is 3. The quantitative estimate of drug-likeness (QED) is 0.471. The van der Waals surface area contributed by atoms with E-state index >= 15 is 0 Å². The van der Waals surface area contributed by atoms with Gasteiger partial charge in [0.1, 0.15) is 17.9 Å². The van der Waals surface area contributed by atoms with E-state index in [4.69, 9.17) is 4.74 Å². The molecule has 0 bridgehead atoms. The molecule has 154 valence electrons. The van der Waals surface area contributed by atoms with Gasteiger partial charge in [0.25, 0.3) is 5.91 Å². The highest BCUT2D eigenvalue weighted by atomic mass is 16.5. The summed E-state index contributed by atoms with van der Waals surface area (Å²) in [4.78, 5) is 25.5. The predicted octanol–water partition coefficient (Wildman–Crippen LogP) is 4.85. The molecule has 0 radical (unpaired) electrons. The Kier molecular flexibility index (Phi) is 5.84. The van der Waals surface area contributed by atoms with Crippen molar-refractivity contribution in [2.24, 2.45) is 0 Å². The molecule has 2 aromatic carbocycles. The van der Waals surface area contributed by atoms with Crippen molar-refractivity contribution in [1.82, 2.24) is 15.0 Å². The Hall–Kier alpha value is -4.26. The lowest BCUT2D eigenvalue weighted by molar-refractivity contribution is 0.102. The number of ether oxygens (including phenoxy) is 1. The maximum atomic E-state index is 12.8. The highest BCUT2D eigenvalue weighted by Gasteiger charge is 2.12. The van der Waals surface area contributed by atoms with E-state index < -0.39 is 0 Å². The molecule has 2 N–H and O–H groups in total. The number of hydrogen-bond donors (Lipinski definition) is 2. The molecule has 31 heavy (non-hydrogen) atoms. The number of rotatable bonds is 6. The number of pyridine rings is 1. The molecule has 0 unspecified atom stereocenters. The van der Waals surface area contributed by atoms with Gasteiger partial charge >= 0.3 is 0 Å². The van der Waals surface area contributed by atoms with Crippen molar-refractivity contribution in [3.63, 3.8) is 0 Å². The summed E-state index contributed by atoms with van der Waals surface area (Å²) in [6, 6.07) is 18.3. The van der Waals surface area contributed by atoms with Crippen LogP contribution in [0.25, 0.3) is 11.3 Å². The highest BCUT2D eigenvalue weighted by molar-refractivity contribution is 6.05. The van der Waals surface area contributed by atoms with Crippen LogP contribution in [0, 0.1) is 6.92 Å². The number of aryl methyl sites for hydroxylation is 1. The number of anilines is 3. The standard InChI is InChI=1S/C24H21N5O2/c1-16-5-6-17(24(30)28-18-7-9-19(31-2)10-8-18)14-22(16)29-23-20(4-3-12-26-23)21-11-13-25-15-27-21/h3-15H,1-2H3,(H,26,29)(H,28,30). The fraction of sp³-hybridized carbons (Fsp3) is 0.0833. The molecule has 7 heteroatoms. The van der Waals surface area contributed by atoms with E-state index in [2.05, 4.69) is 25.6 Å². The first-order valence-corrected chi connectivity index (χ1v) is 9.68. The van der Waals surface area contributed by atoms with Crippen molar-refractivity contribution in [3.05, 3.63) is 90.5 Å². The van der Waals surface area contributed by atoms with Crippen molar-refractivity contribution in [2.75, 3.05) is 17.7 Å². The summed E-state index contributed by atoms with van der Waals surface area (Å²) < 4.78 is 5.15. The molecule has 2 aromatic heterocycles. The van der Waals surface area contributed by atoms with Gasteiger partial charge in [0, 0.05) is 34.9 Å². The van der Waals surface area contributed by atoms with Crippen LogP contribution in [0.3, 0.4) is 0 Å². The van der Waals surface area contributed by atoms with Gasteiger partial charge in [-0.2, -0.15) is 0 Å². The molecule has 4 aromatic rings. The monoisotopic (exact) mass is 411 g/mol. The van der Waals surface area contributed by atoms with Crippen molar-refractivity contribution < 1.29 is 9.53 Å². The second kappa shape index (κ2) is 9.04. The molecule has 0 aliphatic rings. The van der Waals surface area contributed by atoms with E-state index in [-0.39, 0.29) is 5.91 Å². The summed E-state index contributed by atoms with van der Waals surface area (Å²) in [6.07, 6.45) is 4.90.